The van der Waals surface area contributed by atoms with E-state index in [1.54, 1.807) is 23.2 Å². The van der Waals surface area contributed by atoms with Crippen molar-refractivity contribution < 1.29 is 24.0 Å². The number of primary amides is 1. The first-order chi connectivity index (χ1) is 26.4. The largest absolute Gasteiger partial charge is 0.371 e. The predicted octanol–water partition coefficient (Wildman–Crippen LogP) is 3.60. The maximum absolute atomic E-state index is 13.4. The number of nitrogens with one attached hydrogen (secondary N) is 2. The van der Waals surface area contributed by atoms with Gasteiger partial charge in [-0.1, -0.05) is 25.6 Å². The summed E-state index contributed by atoms with van der Waals surface area (Å²) in [7, 11) is 1.82. The van der Waals surface area contributed by atoms with Crippen molar-refractivity contribution in [3.8, 4) is 0 Å². The van der Waals surface area contributed by atoms with Gasteiger partial charge in [0, 0.05) is 63.4 Å². The predicted molar refractivity (Wildman–Crippen MR) is 206 cm³/mol. The van der Waals surface area contributed by atoms with Gasteiger partial charge >= 0.3 is 6.03 Å². The molecule has 0 saturated carbocycles. The highest BCUT2D eigenvalue weighted by Crippen LogP contribution is 2.39. The molecule has 15 nitrogen and oxygen atoms in total. The highest BCUT2D eigenvalue weighted by molar-refractivity contribution is 6.23. The van der Waals surface area contributed by atoms with E-state index < -0.39 is 23.8 Å². The summed E-state index contributed by atoms with van der Waals surface area (Å²) < 4.78 is 0. The molecule has 3 aromatic rings. The number of amides is 6. The lowest BCUT2D eigenvalue weighted by Crippen LogP contribution is -2.51. The van der Waals surface area contributed by atoms with Crippen molar-refractivity contribution >= 4 is 52.7 Å². The number of fused-ring (bicyclic) bond motifs is 1. The van der Waals surface area contributed by atoms with E-state index in [1.807, 2.05) is 30.1 Å². The Balaban J connectivity index is 0.922. The normalized spacial score (nSPS) is 22.7. The molecular formula is C40H46N10O5. The number of nitrogens with two attached hydrogens (primary N) is 1. The highest BCUT2D eigenvalue weighted by Gasteiger charge is 2.44. The van der Waals surface area contributed by atoms with Gasteiger partial charge < -0.3 is 36.0 Å². The molecule has 2 atom stereocenters. The van der Waals surface area contributed by atoms with Gasteiger partial charge in [-0.05, 0) is 79.8 Å². The van der Waals surface area contributed by atoms with E-state index in [0.29, 0.717) is 48.6 Å². The van der Waals surface area contributed by atoms with E-state index in [9.17, 15) is 24.0 Å². The van der Waals surface area contributed by atoms with Gasteiger partial charge in [0.25, 0.3) is 17.7 Å². The van der Waals surface area contributed by atoms with Gasteiger partial charge in [-0.15, -0.1) is 0 Å². The Bertz CT molecular complexity index is 2100. The second-order valence-electron chi connectivity index (χ2n) is 15.5. The number of imide groups is 1. The maximum atomic E-state index is 13.4. The van der Waals surface area contributed by atoms with Crippen molar-refractivity contribution in [2.75, 3.05) is 61.4 Å². The molecular weight excluding hydrogens is 701 g/mol. The van der Waals surface area contributed by atoms with E-state index in [0.717, 1.165) is 68.1 Å². The second kappa shape index (κ2) is 14.0. The number of carbonyl (C=O) groups is 5. The number of piperidine rings is 3. The van der Waals surface area contributed by atoms with Crippen molar-refractivity contribution in [3.63, 3.8) is 0 Å². The van der Waals surface area contributed by atoms with Crippen LogP contribution >= 0.6 is 0 Å². The molecule has 286 valence electrons. The number of allylic oxidation sites excluding steroid dienone is 1. The van der Waals surface area contributed by atoms with Crippen LogP contribution < -0.4 is 26.2 Å². The van der Waals surface area contributed by atoms with E-state index in [2.05, 4.69) is 51.1 Å². The summed E-state index contributed by atoms with van der Waals surface area (Å²) in [6.45, 7) is 10.4. The topological polar surface area (TPSA) is 177 Å². The monoisotopic (exact) mass is 746 g/mol. The summed E-state index contributed by atoms with van der Waals surface area (Å²) in [4.78, 5) is 82.7. The zero-order chi connectivity index (χ0) is 38.6. The molecule has 6 heterocycles. The molecule has 1 unspecified atom stereocenters. The quantitative estimate of drug-likeness (QED) is 0.289. The number of likely N-dealkylation sites (N-methyl/N-ethyl adjacent to an activating group) is 1. The summed E-state index contributed by atoms with van der Waals surface area (Å²) in [5, 5.41) is 5.95. The molecule has 6 amide bonds. The molecule has 0 bridgehead atoms. The van der Waals surface area contributed by atoms with Gasteiger partial charge in [0.15, 0.2) is 11.5 Å². The molecule has 4 fully saturated rings. The van der Waals surface area contributed by atoms with Crippen LogP contribution in [0.3, 0.4) is 0 Å². The number of aromatic nitrogens is 2. The Kier molecular flexibility index (Phi) is 9.18. The molecule has 4 N–H and O–H groups in total. The van der Waals surface area contributed by atoms with Crippen LogP contribution in [0, 0.1) is 0 Å². The number of urea groups is 1. The number of rotatable bonds is 8. The number of hydrogen-bond acceptors (Lipinski definition) is 10. The molecule has 0 spiro atoms. The van der Waals surface area contributed by atoms with Crippen LogP contribution in [0.4, 0.5) is 27.8 Å². The standard InChI is InChI=1S/C40H46N10O5/c1-24-6-13-31(36(52)43-24)50-37(53)29-12-11-27(21-30(29)38(50)54)47-17-14-40(2,15-18-47)25-7-9-26(10-8-25)44-35-33(34(41)51)42-22-32(45-35)48-16-4-5-28(23-48)49-20-19-46(3)39(49)55/h7-12,21-22,28,31H,1,4-6,13-20,23H2,2-3H3,(H2,41,51)(H,43,52)(H,44,45)/t28-,31?/m1/s1. The summed E-state index contributed by atoms with van der Waals surface area (Å²) in [6.07, 6.45) is 6.00. The van der Waals surface area contributed by atoms with Gasteiger partial charge in [0.2, 0.25) is 5.91 Å². The second-order valence-corrected chi connectivity index (χ2v) is 15.5. The van der Waals surface area contributed by atoms with Crippen LogP contribution in [0.2, 0.25) is 0 Å². The molecule has 5 aliphatic heterocycles. The summed E-state index contributed by atoms with van der Waals surface area (Å²) in [5.41, 5.74) is 9.68. The van der Waals surface area contributed by atoms with Crippen molar-refractivity contribution in [3.05, 3.63) is 83.3 Å². The minimum absolute atomic E-state index is 0.0492. The summed E-state index contributed by atoms with van der Waals surface area (Å²) >= 11 is 0. The van der Waals surface area contributed by atoms with Gasteiger partial charge in [0.1, 0.15) is 11.9 Å². The van der Waals surface area contributed by atoms with Crippen molar-refractivity contribution in [1.29, 1.82) is 0 Å². The SMILES string of the molecule is C=C1CCC(N2C(=O)c3ccc(N4CCC(C)(c5ccc(Nc6nc(N7CCC[C@@H](N8CCN(C)C8=O)C7)cnc6C(N)=O)cc5)CC4)cc3C2=O)C(=O)N1. The minimum atomic E-state index is -0.842. The maximum Gasteiger partial charge on any atom is 0.320 e. The first-order valence-corrected chi connectivity index (χ1v) is 19.0. The first kappa shape index (κ1) is 36.0. The fourth-order valence-electron chi connectivity index (χ4n) is 8.60. The van der Waals surface area contributed by atoms with E-state index in [4.69, 9.17) is 10.7 Å². The first-order valence-electron chi connectivity index (χ1n) is 19.0. The van der Waals surface area contributed by atoms with Crippen molar-refractivity contribution in [2.45, 2.75) is 62.9 Å². The van der Waals surface area contributed by atoms with Gasteiger partial charge in [0.05, 0.1) is 23.4 Å². The molecule has 55 heavy (non-hydrogen) atoms. The fraction of sp³-hybridized carbons (Fsp3) is 0.425. The third kappa shape index (κ3) is 6.61. The lowest BCUT2D eigenvalue weighted by Gasteiger charge is -2.41. The summed E-state index contributed by atoms with van der Waals surface area (Å²) in [6, 6.07) is 12.8. The number of benzene rings is 2. The van der Waals surface area contributed by atoms with Crippen LogP contribution in [0.15, 0.2) is 60.9 Å². The van der Waals surface area contributed by atoms with Gasteiger partial charge in [-0.2, -0.15) is 0 Å². The molecule has 0 radical (unpaired) electrons. The number of hydrogen-bond donors (Lipinski definition) is 3. The fourth-order valence-corrected chi connectivity index (χ4v) is 8.60. The lowest BCUT2D eigenvalue weighted by molar-refractivity contribution is -0.125. The van der Waals surface area contributed by atoms with Crippen LogP contribution in [-0.2, 0) is 10.2 Å². The third-order valence-electron chi connectivity index (χ3n) is 12.0. The zero-order valence-electron chi connectivity index (χ0n) is 31.2. The van der Waals surface area contributed by atoms with Crippen molar-refractivity contribution in [1.82, 2.24) is 30.0 Å². The molecule has 5 aliphatic rings. The van der Waals surface area contributed by atoms with Gasteiger partial charge in [-0.25, -0.2) is 14.8 Å². The molecule has 1 aromatic heterocycles. The Morgan fingerprint density at radius 2 is 1.69 bits per heavy atom. The zero-order valence-corrected chi connectivity index (χ0v) is 31.2. The van der Waals surface area contributed by atoms with E-state index in [1.165, 1.54) is 5.56 Å². The Labute approximate surface area is 319 Å². The average molecular weight is 747 g/mol. The van der Waals surface area contributed by atoms with Gasteiger partial charge in [-0.3, -0.25) is 24.1 Å². The lowest BCUT2D eigenvalue weighted by atomic mass is 9.74. The summed E-state index contributed by atoms with van der Waals surface area (Å²) in [5.74, 6) is -1.03. The Morgan fingerprint density at radius 3 is 2.38 bits per heavy atom. The van der Waals surface area contributed by atoms with Crippen LogP contribution in [0.5, 0.6) is 0 Å². The van der Waals surface area contributed by atoms with Crippen molar-refractivity contribution in [2.24, 2.45) is 5.73 Å². The molecule has 15 heteroatoms. The minimum Gasteiger partial charge on any atom is -0.371 e. The number of anilines is 4. The molecule has 4 saturated heterocycles. The smallest absolute Gasteiger partial charge is 0.320 e. The molecule has 2 aromatic carbocycles. The molecule has 8 rings (SSSR count). The molecule has 0 aliphatic carbocycles. The number of nitrogens with zero attached hydrogens (tertiary/aromatic N) is 7. The van der Waals surface area contributed by atoms with Crippen LogP contribution in [-0.4, -0.2) is 113 Å². The third-order valence-corrected chi connectivity index (χ3v) is 12.0. The average Bonchev–Trinajstić information content (AvgIpc) is 3.64. The van der Waals surface area contributed by atoms with E-state index in [-0.39, 0.29) is 34.9 Å². The number of carbonyl (C=O) groups excluding carboxylic acids is 5. The van der Waals surface area contributed by atoms with E-state index >= 15 is 0 Å². The Hall–Kier alpha value is -5.99. The highest BCUT2D eigenvalue weighted by atomic mass is 16.2. The Morgan fingerprint density at radius 1 is 0.945 bits per heavy atom. The van der Waals surface area contributed by atoms with Crippen LogP contribution in [0.1, 0.15) is 82.2 Å². The van der Waals surface area contributed by atoms with Crippen LogP contribution in [0.25, 0.3) is 0 Å².